The van der Waals surface area contributed by atoms with Crippen LogP contribution in [0, 0.1) is 5.92 Å². The Kier molecular flexibility index (Phi) is 4.70. The third kappa shape index (κ3) is 3.68. The van der Waals surface area contributed by atoms with Crippen LogP contribution in [0.5, 0.6) is 0 Å². The Labute approximate surface area is 140 Å². The molecular weight excluding hydrogens is 304 g/mol. The molecular formula is C19H18N2O3. The second-order valence-electron chi connectivity index (χ2n) is 5.71. The van der Waals surface area contributed by atoms with Crippen molar-refractivity contribution in [2.24, 2.45) is 11.0 Å². The van der Waals surface area contributed by atoms with E-state index >= 15 is 0 Å². The van der Waals surface area contributed by atoms with Gasteiger partial charge in [-0.1, -0.05) is 42.5 Å². The number of esters is 1. The number of nitrogens with one attached hydrogen (secondary N) is 1. The number of carbonyl (C=O) groups is 2. The predicted octanol–water partition coefficient (Wildman–Crippen LogP) is 2.73. The molecule has 2 aromatic carbocycles. The first-order valence-corrected chi connectivity index (χ1v) is 7.75. The number of methoxy groups -OCH3 is 1. The van der Waals surface area contributed by atoms with Crippen molar-refractivity contribution in [2.45, 2.75) is 12.3 Å². The average molecular weight is 322 g/mol. The highest BCUT2D eigenvalue weighted by Gasteiger charge is 2.43. The molecule has 5 nitrogen and oxygen atoms in total. The van der Waals surface area contributed by atoms with Gasteiger partial charge in [0.15, 0.2) is 0 Å². The first-order chi connectivity index (χ1) is 11.7. The van der Waals surface area contributed by atoms with E-state index in [1.807, 2.05) is 30.3 Å². The Morgan fingerprint density at radius 1 is 1.12 bits per heavy atom. The van der Waals surface area contributed by atoms with E-state index in [2.05, 4.69) is 15.3 Å². The lowest BCUT2D eigenvalue weighted by molar-refractivity contribution is -0.122. The van der Waals surface area contributed by atoms with E-state index in [1.54, 1.807) is 30.5 Å². The SMILES string of the molecule is COC(=O)c1ccc(/C=N/NC(=O)C2CC2c2ccccc2)cc1. The van der Waals surface area contributed by atoms with Crippen molar-refractivity contribution in [1.82, 2.24) is 5.43 Å². The van der Waals surface area contributed by atoms with Gasteiger partial charge in [0, 0.05) is 5.92 Å². The number of hydrazone groups is 1. The van der Waals surface area contributed by atoms with Crippen LogP contribution in [0.15, 0.2) is 59.7 Å². The predicted molar refractivity (Wildman–Crippen MR) is 90.8 cm³/mol. The van der Waals surface area contributed by atoms with Crippen LogP contribution in [0.3, 0.4) is 0 Å². The Morgan fingerprint density at radius 2 is 1.83 bits per heavy atom. The van der Waals surface area contributed by atoms with E-state index in [1.165, 1.54) is 12.7 Å². The summed E-state index contributed by atoms with van der Waals surface area (Å²) in [6.07, 6.45) is 2.41. The van der Waals surface area contributed by atoms with Crippen LogP contribution in [0.25, 0.3) is 0 Å². The molecule has 0 aromatic heterocycles. The molecule has 0 aliphatic heterocycles. The molecule has 0 spiro atoms. The van der Waals surface area contributed by atoms with Crippen LogP contribution in [-0.4, -0.2) is 25.2 Å². The van der Waals surface area contributed by atoms with E-state index < -0.39 is 0 Å². The minimum absolute atomic E-state index is 0.00810. The van der Waals surface area contributed by atoms with Gasteiger partial charge in [-0.15, -0.1) is 0 Å². The highest BCUT2D eigenvalue weighted by Crippen LogP contribution is 2.47. The molecule has 1 aliphatic carbocycles. The lowest BCUT2D eigenvalue weighted by Crippen LogP contribution is -2.20. The molecule has 24 heavy (non-hydrogen) atoms. The van der Waals surface area contributed by atoms with Gasteiger partial charge in [-0.2, -0.15) is 5.10 Å². The number of nitrogens with zero attached hydrogens (tertiary/aromatic N) is 1. The summed E-state index contributed by atoms with van der Waals surface area (Å²) in [4.78, 5) is 23.4. The van der Waals surface area contributed by atoms with Gasteiger partial charge in [0.25, 0.3) is 0 Å². The van der Waals surface area contributed by atoms with Crippen molar-refractivity contribution in [3.8, 4) is 0 Å². The van der Waals surface area contributed by atoms with Gasteiger partial charge in [-0.05, 0) is 35.6 Å². The summed E-state index contributed by atoms with van der Waals surface area (Å²) < 4.78 is 4.64. The van der Waals surface area contributed by atoms with Crippen molar-refractivity contribution in [3.05, 3.63) is 71.3 Å². The minimum atomic E-state index is -0.382. The zero-order valence-electron chi connectivity index (χ0n) is 13.3. The first-order valence-electron chi connectivity index (χ1n) is 7.75. The van der Waals surface area contributed by atoms with Gasteiger partial charge in [0.2, 0.25) is 5.91 Å². The van der Waals surface area contributed by atoms with Crippen LogP contribution in [0.4, 0.5) is 0 Å². The average Bonchev–Trinajstić information content (AvgIpc) is 3.43. The number of hydrogen-bond donors (Lipinski definition) is 1. The molecule has 2 unspecified atom stereocenters. The Bertz CT molecular complexity index is 754. The number of rotatable bonds is 5. The Hall–Kier alpha value is -2.95. The summed E-state index contributed by atoms with van der Waals surface area (Å²) >= 11 is 0. The monoisotopic (exact) mass is 322 g/mol. The number of carbonyl (C=O) groups excluding carboxylic acids is 2. The van der Waals surface area contributed by atoms with Crippen LogP contribution >= 0.6 is 0 Å². The van der Waals surface area contributed by atoms with Crippen LogP contribution in [0.2, 0.25) is 0 Å². The molecule has 2 atom stereocenters. The topological polar surface area (TPSA) is 67.8 Å². The maximum absolute atomic E-state index is 12.1. The van der Waals surface area contributed by atoms with Crippen LogP contribution < -0.4 is 5.43 Å². The van der Waals surface area contributed by atoms with Gasteiger partial charge < -0.3 is 4.74 Å². The van der Waals surface area contributed by atoms with Gasteiger partial charge in [0.05, 0.1) is 18.9 Å². The number of benzene rings is 2. The van der Waals surface area contributed by atoms with Crippen LogP contribution in [0.1, 0.15) is 33.8 Å². The zero-order chi connectivity index (χ0) is 16.9. The molecule has 0 radical (unpaired) electrons. The van der Waals surface area contributed by atoms with Gasteiger partial charge in [-0.3, -0.25) is 4.79 Å². The third-order valence-corrected chi connectivity index (χ3v) is 4.08. The lowest BCUT2D eigenvalue weighted by atomic mass is 10.1. The molecule has 3 rings (SSSR count). The highest BCUT2D eigenvalue weighted by atomic mass is 16.5. The smallest absolute Gasteiger partial charge is 0.337 e. The fourth-order valence-electron chi connectivity index (χ4n) is 2.63. The fourth-order valence-corrected chi connectivity index (χ4v) is 2.63. The number of amides is 1. The van der Waals surface area contributed by atoms with Crippen molar-refractivity contribution < 1.29 is 14.3 Å². The molecule has 122 valence electrons. The number of hydrogen-bond acceptors (Lipinski definition) is 4. The summed E-state index contributed by atoms with van der Waals surface area (Å²) in [5, 5.41) is 3.98. The molecule has 1 amide bonds. The molecule has 1 N–H and O–H groups in total. The number of ether oxygens (including phenoxy) is 1. The van der Waals surface area contributed by atoms with E-state index in [0.717, 1.165) is 12.0 Å². The Balaban J connectivity index is 1.52. The molecule has 1 fully saturated rings. The maximum Gasteiger partial charge on any atom is 0.337 e. The van der Waals surface area contributed by atoms with Crippen molar-refractivity contribution in [2.75, 3.05) is 7.11 Å². The Morgan fingerprint density at radius 3 is 2.50 bits per heavy atom. The van der Waals surface area contributed by atoms with Crippen molar-refractivity contribution >= 4 is 18.1 Å². The van der Waals surface area contributed by atoms with E-state index in [-0.39, 0.29) is 17.8 Å². The summed E-state index contributed by atoms with van der Waals surface area (Å²) in [5.41, 5.74) is 5.04. The molecule has 2 aromatic rings. The third-order valence-electron chi connectivity index (χ3n) is 4.08. The molecule has 0 heterocycles. The van der Waals surface area contributed by atoms with Gasteiger partial charge in [-0.25, -0.2) is 10.2 Å². The normalized spacial score (nSPS) is 19.0. The second kappa shape index (κ2) is 7.08. The highest BCUT2D eigenvalue weighted by molar-refractivity contribution is 5.91. The summed E-state index contributed by atoms with van der Waals surface area (Å²) in [7, 11) is 1.34. The van der Waals surface area contributed by atoms with Gasteiger partial charge >= 0.3 is 5.97 Å². The van der Waals surface area contributed by atoms with Crippen molar-refractivity contribution in [1.29, 1.82) is 0 Å². The molecule has 0 saturated heterocycles. The molecule has 5 heteroatoms. The summed E-state index contributed by atoms with van der Waals surface area (Å²) in [6, 6.07) is 16.8. The van der Waals surface area contributed by atoms with E-state index in [0.29, 0.717) is 11.5 Å². The molecule has 0 bridgehead atoms. The standard InChI is InChI=1S/C19H18N2O3/c1-24-19(23)15-9-7-13(8-10-15)12-20-21-18(22)17-11-16(17)14-5-3-2-4-6-14/h2-10,12,16-17H,11H2,1H3,(H,21,22)/b20-12+. The fraction of sp³-hybridized carbons (Fsp3) is 0.211. The van der Waals surface area contributed by atoms with Crippen LogP contribution in [-0.2, 0) is 9.53 Å². The first kappa shape index (κ1) is 15.9. The largest absolute Gasteiger partial charge is 0.465 e. The maximum atomic E-state index is 12.1. The van der Waals surface area contributed by atoms with E-state index in [9.17, 15) is 9.59 Å². The molecule has 1 saturated carbocycles. The zero-order valence-corrected chi connectivity index (χ0v) is 13.3. The lowest BCUT2D eigenvalue weighted by Gasteiger charge is -2.01. The van der Waals surface area contributed by atoms with E-state index in [4.69, 9.17) is 0 Å². The van der Waals surface area contributed by atoms with Gasteiger partial charge in [0.1, 0.15) is 0 Å². The second-order valence-corrected chi connectivity index (χ2v) is 5.71. The quantitative estimate of drug-likeness (QED) is 0.523. The summed E-state index contributed by atoms with van der Waals surface area (Å²) in [6.45, 7) is 0. The molecule has 1 aliphatic rings. The minimum Gasteiger partial charge on any atom is -0.465 e. The van der Waals surface area contributed by atoms with Crippen molar-refractivity contribution in [3.63, 3.8) is 0 Å². The summed E-state index contributed by atoms with van der Waals surface area (Å²) in [5.74, 6) is -0.161.